The molecule has 4 atom stereocenters. The number of halogens is 4. The Bertz CT molecular complexity index is 1330. The first kappa shape index (κ1) is 31.8. The smallest absolute Gasteiger partial charge is 0.416 e. The zero-order valence-electron chi connectivity index (χ0n) is 24.7. The highest BCUT2D eigenvalue weighted by Crippen LogP contribution is 2.42. The van der Waals surface area contributed by atoms with Gasteiger partial charge in [-0.15, -0.1) is 0 Å². The molecule has 43 heavy (non-hydrogen) atoms. The van der Waals surface area contributed by atoms with Gasteiger partial charge in [-0.25, -0.2) is 4.79 Å². The highest BCUT2D eigenvalue weighted by Gasteiger charge is 2.40. The number of aliphatic hydroxyl groups excluding tert-OH is 1. The molecule has 2 heterocycles. The second-order valence-electron chi connectivity index (χ2n) is 12.4. The lowest BCUT2D eigenvalue weighted by Gasteiger charge is -2.41. The van der Waals surface area contributed by atoms with Gasteiger partial charge in [-0.05, 0) is 104 Å². The average molecular weight is 621 g/mol. The van der Waals surface area contributed by atoms with Crippen LogP contribution in [0, 0.1) is 17.8 Å². The van der Waals surface area contributed by atoms with E-state index in [1.165, 1.54) is 7.11 Å². The van der Waals surface area contributed by atoms with Crippen LogP contribution >= 0.6 is 11.6 Å². The van der Waals surface area contributed by atoms with E-state index in [-0.39, 0.29) is 53.8 Å². The molecule has 0 spiro atoms. The second kappa shape index (κ2) is 13.2. The summed E-state index contributed by atoms with van der Waals surface area (Å²) in [6, 6.07) is 9.63. The molecular formula is C33H40ClF3N2O4. The first-order chi connectivity index (χ1) is 20.5. The molecular weight excluding hydrogens is 581 g/mol. The maximum Gasteiger partial charge on any atom is 0.416 e. The number of methoxy groups -OCH3 is 1. The maximum absolute atomic E-state index is 13.7. The van der Waals surface area contributed by atoms with Crippen LogP contribution in [-0.2, 0) is 28.7 Å². The normalized spacial score (nSPS) is 22.5. The molecule has 234 valence electrons. The largest absolute Gasteiger partial charge is 0.465 e. The van der Waals surface area contributed by atoms with Gasteiger partial charge in [0, 0.05) is 36.6 Å². The average Bonchev–Trinajstić information content (AvgIpc) is 3.83. The predicted octanol–water partition coefficient (Wildman–Crippen LogP) is 6.32. The van der Waals surface area contributed by atoms with Crippen LogP contribution < -0.4 is 0 Å². The number of ether oxygens (including phenoxy) is 1. The van der Waals surface area contributed by atoms with E-state index < -0.39 is 11.7 Å². The lowest BCUT2D eigenvalue weighted by molar-refractivity contribution is -0.137. The Labute approximate surface area is 256 Å². The first-order valence-corrected chi connectivity index (χ1v) is 15.6. The number of piperidine rings is 1. The summed E-state index contributed by atoms with van der Waals surface area (Å²) in [5.41, 5.74) is 2.03. The minimum absolute atomic E-state index is 0.00338. The van der Waals surface area contributed by atoms with Crippen molar-refractivity contribution in [1.82, 2.24) is 9.80 Å². The van der Waals surface area contributed by atoms with Crippen molar-refractivity contribution in [2.75, 3.05) is 33.4 Å². The van der Waals surface area contributed by atoms with Crippen LogP contribution in [0.1, 0.15) is 77.6 Å². The fraction of sp³-hybridized carbons (Fsp3) is 0.576. The molecule has 6 nitrogen and oxygen atoms in total. The minimum Gasteiger partial charge on any atom is -0.465 e. The fourth-order valence-corrected chi connectivity index (χ4v) is 7.41. The van der Waals surface area contributed by atoms with E-state index in [1.54, 1.807) is 11.0 Å². The van der Waals surface area contributed by atoms with Crippen molar-refractivity contribution in [1.29, 1.82) is 0 Å². The van der Waals surface area contributed by atoms with Crippen LogP contribution in [0.3, 0.4) is 0 Å². The Morgan fingerprint density at radius 1 is 1.12 bits per heavy atom. The van der Waals surface area contributed by atoms with Gasteiger partial charge in [0.25, 0.3) is 0 Å². The van der Waals surface area contributed by atoms with Crippen LogP contribution in [0.15, 0.2) is 36.4 Å². The Kier molecular flexibility index (Phi) is 9.73. The van der Waals surface area contributed by atoms with Crippen molar-refractivity contribution < 1.29 is 32.6 Å². The summed E-state index contributed by atoms with van der Waals surface area (Å²) in [7, 11) is 1.38. The Hall–Kier alpha value is -2.62. The highest BCUT2D eigenvalue weighted by molar-refractivity contribution is 6.31. The molecule has 5 rings (SSSR count). The van der Waals surface area contributed by atoms with Gasteiger partial charge in [0.15, 0.2) is 0 Å². The van der Waals surface area contributed by atoms with E-state index in [9.17, 15) is 27.9 Å². The van der Waals surface area contributed by atoms with Crippen LogP contribution in [0.25, 0.3) is 0 Å². The quantitative estimate of drug-likeness (QED) is 0.332. The maximum atomic E-state index is 13.7. The highest BCUT2D eigenvalue weighted by atomic mass is 35.5. The zero-order valence-corrected chi connectivity index (χ0v) is 25.5. The Balaban J connectivity index is 1.21. The van der Waals surface area contributed by atoms with Crippen LogP contribution in [0.5, 0.6) is 0 Å². The number of amides is 1. The van der Waals surface area contributed by atoms with E-state index in [2.05, 4.69) is 17.9 Å². The summed E-state index contributed by atoms with van der Waals surface area (Å²) in [5, 5.41) is 10.5. The summed E-state index contributed by atoms with van der Waals surface area (Å²) in [6.07, 6.45) is 0.0837. The standard InChI is InChI=1S/C33H40ClF3N2O4/c1-20-17-38(12-10-27(20)22-4-3-5-23(14-22)32(42)43-2)26(19-40)8-9-29(21-6-7-21)31(41)39-13-11-28-24(18-39)15-25(16-30(28)34)33(35,36)37/h3-5,14-16,20-21,26-27,29,40H,6-13,17-19H2,1-2H3/t20-,26+,27-,29+/m0/s1. The summed E-state index contributed by atoms with van der Waals surface area (Å²) >= 11 is 6.21. The molecule has 1 saturated heterocycles. The molecule has 0 radical (unpaired) electrons. The molecule has 1 aliphatic carbocycles. The van der Waals surface area contributed by atoms with Gasteiger partial charge >= 0.3 is 12.1 Å². The summed E-state index contributed by atoms with van der Waals surface area (Å²) in [4.78, 5) is 29.8. The molecule has 0 unspecified atom stereocenters. The van der Waals surface area contributed by atoms with Crippen LogP contribution in [0.2, 0.25) is 5.02 Å². The Morgan fingerprint density at radius 2 is 1.88 bits per heavy atom. The van der Waals surface area contributed by atoms with Crippen molar-refractivity contribution in [3.05, 3.63) is 69.2 Å². The lowest BCUT2D eigenvalue weighted by Crippen LogP contribution is -2.47. The molecule has 0 aromatic heterocycles. The molecule has 1 saturated carbocycles. The third-order valence-electron chi connectivity index (χ3n) is 9.64. The van der Waals surface area contributed by atoms with E-state index in [1.807, 2.05) is 12.1 Å². The first-order valence-electron chi connectivity index (χ1n) is 15.2. The minimum atomic E-state index is -4.50. The topological polar surface area (TPSA) is 70.1 Å². The monoisotopic (exact) mass is 620 g/mol. The molecule has 1 N–H and O–H groups in total. The van der Waals surface area contributed by atoms with E-state index >= 15 is 0 Å². The van der Waals surface area contributed by atoms with Crippen molar-refractivity contribution in [2.45, 2.75) is 70.1 Å². The number of aliphatic hydroxyl groups is 1. The number of hydrogen-bond donors (Lipinski definition) is 1. The number of alkyl halides is 3. The van der Waals surface area contributed by atoms with E-state index in [4.69, 9.17) is 16.3 Å². The van der Waals surface area contributed by atoms with Crippen molar-refractivity contribution in [2.24, 2.45) is 17.8 Å². The second-order valence-corrected chi connectivity index (χ2v) is 12.9. The van der Waals surface area contributed by atoms with Crippen molar-refractivity contribution >= 4 is 23.5 Å². The zero-order chi connectivity index (χ0) is 30.9. The predicted molar refractivity (Wildman–Crippen MR) is 158 cm³/mol. The third-order valence-corrected chi connectivity index (χ3v) is 9.98. The summed E-state index contributed by atoms with van der Waals surface area (Å²) < 4.78 is 45.1. The molecule has 1 amide bonds. The number of esters is 1. The van der Waals surface area contributed by atoms with Gasteiger partial charge in [-0.2, -0.15) is 13.2 Å². The number of fused-ring (bicyclic) bond motifs is 1. The van der Waals surface area contributed by atoms with Crippen molar-refractivity contribution in [3.8, 4) is 0 Å². The van der Waals surface area contributed by atoms with E-state index in [0.29, 0.717) is 48.4 Å². The molecule has 2 fully saturated rings. The number of carbonyl (C=O) groups is 2. The number of nitrogens with zero attached hydrogens (tertiary/aromatic N) is 2. The number of hydrogen-bond acceptors (Lipinski definition) is 5. The molecule has 2 aliphatic heterocycles. The number of rotatable bonds is 9. The van der Waals surface area contributed by atoms with Gasteiger partial charge in [0.2, 0.25) is 5.91 Å². The van der Waals surface area contributed by atoms with Gasteiger partial charge in [0.05, 0.1) is 24.8 Å². The van der Waals surface area contributed by atoms with Crippen molar-refractivity contribution in [3.63, 3.8) is 0 Å². The van der Waals surface area contributed by atoms with Gasteiger partial charge in [-0.1, -0.05) is 30.7 Å². The number of likely N-dealkylation sites (tertiary alicyclic amines) is 1. The van der Waals surface area contributed by atoms with Gasteiger partial charge < -0.3 is 14.7 Å². The molecule has 2 aromatic carbocycles. The van der Waals surface area contributed by atoms with Gasteiger partial charge in [0.1, 0.15) is 0 Å². The number of benzene rings is 2. The summed E-state index contributed by atoms with van der Waals surface area (Å²) in [6.45, 7) is 4.35. The Morgan fingerprint density at radius 3 is 2.53 bits per heavy atom. The summed E-state index contributed by atoms with van der Waals surface area (Å²) in [5.74, 6) is 0.317. The van der Waals surface area contributed by atoms with Gasteiger partial charge in [-0.3, -0.25) is 9.69 Å². The molecule has 0 bridgehead atoms. The molecule has 10 heteroatoms. The van der Waals surface area contributed by atoms with Crippen LogP contribution in [-0.4, -0.2) is 66.2 Å². The number of carbonyl (C=O) groups excluding carboxylic acids is 2. The van der Waals surface area contributed by atoms with E-state index in [0.717, 1.165) is 50.0 Å². The third kappa shape index (κ3) is 7.21. The lowest BCUT2D eigenvalue weighted by atomic mass is 9.80. The molecule has 3 aliphatic rings. The SMILES string of the molecule is COC(=O)c1cccc([C@H]2CCN([C@@H](CO)CC[C@@H](C(=O)N3CCc4c(Cl)cc(C(F)(F)F)cc4C3)C3CC3)C[C@@H]2C)c1. The van der Waals surface area contributed by atoms with Crippen LogP contribution in [0.4, 0.5) is 13.2 Å². The molecule has 2 aromatic rings. The fourth-order valence-electron chi connectivity index (χ4n) is 7.07.